The minimum Gasteiger partial charge on any atom is -0.343 e. The van der Waals surface area contributed by atoms with Crippen LogP contribution in [-0.2, 0) is 4.79 Å². The molecule has 3 rings (SSSR count). The third-order valence-corrected chi connectivity index (χ3v) is 3.93. The minimum absolute atomic E-state index is 0.0441. The fourth-order valence-corrected chi connectivity index (χ4v) is 2.70. The number of hydrogen-bond donors (Lipinski definition) is 0. The summed E-state index contributed by atoms with van der Waals surface area (Å²) in [6, 6.07) is -0.0441. The van der Waals surface area contributed by atoms with Gasteiger partial charge in [0.2, 0.25) is 11.9 Å². The Bertz CT molecular complexity index is 474. The van der Waals surface area contributed by atoms with E-state index in [9.17, 15) is 4.79 Å². The molecule has 1 unspecified atom stereocenters. The first-order valence-electron chi connectivity index (χ1n) is 6.68. The molecule has 6 heteroatoms. The van der Waals surface area contributed by atoms with Crippen LogP contribution in [-0.4, -0.2) is 71.5 Å². The van der Waals surface area contributed by atoms with E-state index in [0.717, 1.165) is 37.7 Å². The SMILES string of the molecule is Cc1cnc(N2CCN3CCN(C)C(=O)C3C2)nc1. The number of aryl methyl sites for hydroxylation is 1. The van der Waals surface area contributed by atoms with Crippen LogP contribution in [0.15, 0.2) is 12.4 Å². The zero-order valence-corrected chi connectivity index (χ0v) is 11.4. The normalized spacial score (nSPS) is 24.5. The Hall–Kier alpha value is -1.69. The molecule has 6 nitrogen and oxygen atoms in total. The Kier molecular flexibility index (Phi) is 3.10. The number of anilines is 1. The summed E-state index contributed by atoms with van der Waals surface area (Å²) >= 11 is 0. The maximum Gasteiger partial charge on any atom is 0.241 e. The predicted molar refractivity (Wildman–Crippen MR) is 72.0 cm³/mol. The molecule has 0 saturated carbocycles. The number of likely N-dealkylation sites (N-methyl/N-ethyl adjacent to an activating group) is 1. The number of nitrogens with zero attached hydrogens (tertiary/aromatic N) is 5. The number of piperazine rings is 2. The van der Waals surface area contributed by atoms with E-state index in [0.29, 0.717) is 6.54 Å². The molecule has 1 aromatic heterocycles. The van der Waals surface area contributed by atoms with Crippen molar-refractivity contribution < 1.29 is 4.79 Å². The van der Waals surface area contributed by atoms with Gasteiger partial charge in [0.1, 0.15) is 6.04 Å². The highest BCUT2D eigenvalue weighted by Gasteiger charge is 2.37. The van der Waals surface area contributed by atoms with E-state index >= 15 is 0 Å². The number of hydrogen-bond acceptors (Lipinski definition) is 5. The molecule has 2 saturated heterocycles. The first-order valence-corrected chi connectivity index (χ1v) is 6.68. The second kappa shape index (κ2) is 4.77. The van der Waals surface area contributed by atoms with Crippen LogP contribution < -0.4 is 4.90 Å². The minimum atomic E-state index is -0.0441. The summed E-state index contributed by atoms with van der Waals surface area (Å²) < 4.78 is 0. The molecule has 0 N–H and O–H groups in total. The maximum absolute atomic E-state index is 12.2. The van der Waals surface area contributed by atoms with Crippen molar-refractivity contribution in [1.82, 2.24) is 19.8 Å². The molecule has 2 fully saturated rings. The van der Waals surface area contributed by atoms with Crippen LogP contribution in [0.2, 0.25) is 0 Å². The van der Waals surface area contributed by atoms with Crippen LogP contribution in [0.25, 0.3) is 0 Å². The van der Waals surface area contributed by atoms with Crippen molar-refractivity contribution in [3.8, 4) is 0 Å². The molecule has 0 radical (unpaired) electrons. The van der Waals surface area contributed by atoms with Crippen LogP contribution in [0.1, 0.15) is 5.56 Å². The van der Waals surface area contributed by atoms with E-state index < -0.39 is 0 Å². The number of aromatic nitrogens is 2. The standard InChI is InChI=1S/C13H19N5O/c1-10-7-14-13(15-8-10)18-6-5-17-4-3-16(2)12(19)11(17)9-18/h7-8,11H,3-6,9H2,1-2H3. The second-order valence-corrected chi connectivity index (χ2v) is 5.32. The lowest BCUT2D eigenvalue weighted by atomic mass is 10.1. The first-order chi connectivity index (χ1) is 9.15. The Balaban J connectivity index is 1.76. The monoisotopic (exact) mass is 261 g/mol. The largest absolute Gasteiger partial charge is 0.343 e. The van der Waals surface area contributed by atoms with Crippen molar-refractivity contribution >= 4 is 11.9 Å². The van der Waals surface area contributed by atoms with Crippen LogP contribution in [0.3, 0.4) is 0 Å². The van der Waals surface area contributed by atoms with Gasteiger partial charge in [0.15, 0.2) is 0 Å². The van der Waals surface area contributed by atoms with Gasteiger partial charge in [-0.15, -0.1) is 0 Å². The van der Waals surface area contributed by atoms with Crippen LogP contribution in [0, 0.1) is 6.92 Å². The fourth-order valence-electron chi connectivity index (χ4n) is 2.70. The molecular weight excluding hydrogens is 242 g/mol. The van der Waals surface area contributed by atoms with Gasteiger partial charge in [0.25, 0.3) is 0 Å². The molecule has 2 aliphatic heterocycles. The van der Waals surface area contributed by atoms with Gasteiger partial charge in [-0.3, -0.25) is 9.69 Å². The third kappa shape index (κ3) is 2.28. The second-order valence-electron chi connectivity index (χ2n) is 5.32. The van der Waals surface area contributed by atoms with Crippen LogP contribution in [0.4, 0.5) is 5.95 Å². The van der Waals surface area contributed by atoms with Gasteiger partial charge in [-0.05, 0) is 12.5 Å². The van der Waals surface area contributed by atoms with Gasteiger partial charge >= 0.3 is 0 Å². The van der Waals surface area contributed by atoms with E-state index in [1.807, 2.05) is 31.3 Å². The highest BCUT2D eigenvalue weighted by Crippen LogP contribution is 2.19. The Morgan fingerprint density at radius 3 is 2.58 bits per heavy atom. The van der Waals surface area contributed by atoms with E-state index in [1.165, 1.54) is 0 Å². The quantitative estimate of drug-likeness (QED) is 0.697. The van der Waals surface area contributed by atoms with Gasteiger partial charge in [-0.2, -0.15) is 0 Å². The molecule has 2 aliphatic rings. The van der Waals surface area contributed by atoms with Crippen molar-refractivity contribution in [3.63, 3.8) is 0 Å². The highest BCUT2D eigenvalue weighted by atomic mass is 16.2. The van der Waals surface area contributed by atoms with Crippen molar-refractivity contribution in [2.24, 2.45) is 0 Å². The third-order valence-electron chi connectivity index (χ3n) is 3.93. The van der Waals surface area contributed by atoms with Crippen molar-refractivity contribution in [2.75, 3.05) is 44.7 Å². The highest BCUT2D eigenvalue weighted by molar-refractivity contribution is 5.83. The predicted octanol–water partition coefficient (Wildman–Crippen LogP) is -0.252. The summed E-state index contributed by atoms with van der Waals surface area (Å²) in [7, 11) is 1.88. The number of carbonyl (C=O) groups excluding carboxylic acids is 1. The molecule has 0 aliphatic carbocycles. The Morgan fingerprint density at radius 1 is 1.16 bits per heavy atom. The number of fused-ring (bicyclic) bond motifs is 1. The zero-order chi connectivity index (χ0) is 13.4. The van der Waals surface area contributed by atoms with Crippen LogP contribution >= 0.6 is 0 Å². The van der Waals surface area contributed by atoms with E-state index in [2.05, 4.69) is 19.8 Å². The molecule has 0 bridgehead atoms. The average Bonchev–Trinajstić information content (AvgIpc) is 2.44. The summed E-state index contributed by atoms with van der Waals surface area (Å²) in [6.07, 6.45) is 3.65. The van der Waals surface area contributed by atoms with E-state index in [-0.39, 0.29) is 11.9 Å². The lowest BCUT2D eigenvalue weighted by Gasteiger charge is -2.45. The molecule has 1 atom stereocenters. The Morgan fingerprint density at radius 2 is 1.84 bits per heavy atom. The molecule has 102 valence electrons. The molecule has 0 spiro atoms. The molecular formula is C13H19N5O. The number of amides is 1. The van der Waals surface area contributed by atoms with Crippen molar-refractivity contribution in [2.45, 2.75) is 13.0 Å². The van der Waals surface area contributed by atoms with Crippen molar-refractivity contribution in [3.05, 3.63) is 18.0 Å². The maximum atomic E-state index is 12.2. The number of rotatable bonds is 1. The molecule has 0 aromatic carbocycles. The molecule has 1 aromatic rings. The lowest BCUT2D eigenvalue weighted by molar-refractivity contribution is -0.140. The first kappa shape index (κ1) is 12.3. The molecule has 19 heavy (non-hydrogen) atoms. The van der Waals surface area contributed by atoms with E-state index in [1.54, 1.807) is 0 Å². The summed E-state index contributed by atoms with van der Waals surface area (Å²) in [5.74, 6) is 0.939. The molecule has 1 amide bonds. The summed E-state index contributed by atoms with van der Waals surface area (Å²) in [4.78, 5) is 27.1. The zero-order valence-electron chi connectivity index (χ0n) is 11.4. The fraction of sp³-hybridized carbons (Fsp3) is 0.615. The summed E-state index contributed by atoms with van der Waals surface area (Å²) in [6.45, 7) is 6.25. The smallest absolute Gasteiger partial charge is 0.241 e. The van der Waals surface area contributed by atoms with Gasteiger partial charge in [-0.1, -0.05) is 0 Å². The van der Waals surface area contributed by atoms with E-state index in [4.69, 9.17) is 0 Å². The van der Waals surface area contributed by atoms with Gasteiger partial charge in [0, 0.05) is 52.2 Å². The number of carbonyl (C=O) groups is 1. The Labute approximate surface area is 113 Å². The van der Waals surface area contributed by atoms with Gasteiger partial charge in [0.05, 0.1) is 0 Å². The average molecular weight is 261 g/mol. The van der Waals surface area contributed by atoms with Crippen LogP contribution in [0.5, 0.6) is 0 Å². The summed E-state index contributed by atoms with van der Waals surface area (Å²) in [5, 5.41) is 0. The topological polar surface area (TPSA) is 52.6 Å². The lowest BCUT2D eigenvalue weighted by Crippen LogP contribution is -2.64. The summed E-state index contributed by atoms with van der Waals surface area (Å²) in [5.41, 5.74) is 1.05. The molecule has 3 heterocycles. The van der Waals surface area contributed by atoms with Gasteiger partial charge in [-0.25, -0.2) is 9.97 Å². The van der Waals surface area contributed by atoms with Crippen molar-refractivity contribution in [1.29, 1.82) is 0 Å². The van der Waals surface area contributed by atoms with Gasteiger partial charge < -0.3 is 9.80 Å².